The monoisotopic (exact) mass is 173 g/mol. The van der Waals surface area contributed by atoms with Crippen LogP contribution in [0.25, 0.3) is 0 Å². The molecule has 0 bridgehead atoms. The van der Waals surface area contributed by atoms with E-state index in [1.807, 2.05) is 0 Å². The SMILES string of the molecule is CCOC(=O)CC[CH]NC(N)=O. The maximum absolute atomic E-state index is 10.7. The first-order valence-electron chi connectivity index (χ1n) is 3.70. The van der Waals surface area contributed by atoms with E-state index in [1.54, 1.807) is 6.92 Å². The number of nitrogens with two attached hydrogens (primary N) is 1. The molecule has 0 aromatic carbocycles. The zero-order chi connectivity index (χ0) is 9.40. The highest BCUT2D eigenvalue weighted by Crippen LogP contribution is 1.93. The lowest BCUT2D eigenvalue weighted by Crippen LogP contribution is -2.27. The Balaban J connectivity index is 3.19. The fourth-order valence-electron chi connectivity index (χ4n) is 0.596. The third-order valence-electron chi connectivity index (χ3n) is 1.04. The van der Waals surface area contributed by atoms with Crippen molar-refractivity contribution in [2.24, 2.45) is 5.73 Å². The average molecular weight is 173 g/mol. The summed E-state index contributed by atoms with van der Waals surface area (Å²) in [6.07, 6.45) is 0.690. The van der Waals surface area contributed by atoms with Crippen LogP contribution < -0.4 is 11.1 Å². The molecule has 0 spiro atoms. The average Bonchev–Trinajstić information content (AvgIpc) is 1.98. The van der Waals surface area contributed by atoms with Crippen molar-refractivity contribution in [2.75, 3.05) is 6.61 Å². The summed E-state index contributed by atoms with van der Waals surface area (Å²) in [5.74, 6) is -0.278. The number of esters is 1. The Labute approximate surface area is 71.3 Å². The Morgan fingerprint density at radius 2 is 2.25 bits per heavy atom. The Morgan fingerprint density at radius 3 is 2.75 bits per heavy atom. The molecule has 69 valence electrons. The molecule has 0 saturated heterocycles. The molecule has 0 unspecified atom stereocenters. The molecule has 12 heavy (non-hydrogen) atoms. The quantitative estimate of drug-likeness (QED) is 0.459. The van der Waals surface area contributed by atoms with Gasteiger partial charge in [0.2, 0.25) is 0 Å². The summed E-state index contributed by atoms with van der Waals surface area (Å²) >= 11 is 0. The molecule has 0 heterocycles. The van der Waals surface area contributed by atoms with E-state index in [2.05, 4.69) is 10.1 Å². The zero-order valence-corrected chi connectivity index (χ0v) is 7.00. The van der Waals surface area contributed by atoms with Crippen molar-refractivity contribution < 1.29 is 14.3 Å². The van der Waals surface area contributed by atoms with Crippen LogP contribution in [0, 0.1) is 6.54 Å². The summed E-state index contributed by atoms with van der Waals surface area (Å²) in [6.45, 7) is 3.55. The first-order chi connectivity index (χ1) is 5.66. The fourth-order valence-corrected chi connectivity index (χ4v) is 0.596. The number of carbonyl (C=O) groups excluding carboxylic acids is 2. The number of ether oxygens (including phenoxy) is 1. The Kier molecular flexibility index (Phi) is 5.77. The summed E-state index contributed by atoms with van der Waals surface area (Å²) in [6, 6.07) is -0.626. The van der Waals surface area contributed by atoms with Gasteiger partial charge in [0.25, 0.3) is 0 Å². The minimum absolute atomic E-state index is 0.258. The molecular weight excluding hydrogens is 160 g/mol. The maximum Gasteiger partial charge on any atom is 0.312 e. The van der Waals surface area contributed by atoms with E-state index in [-0.39, 0.29) is 12.4 Å². The second-order valence-electron chi connectivity index (χ2n) is 2.06. The first kappa shape index (κ1) is 10.7. The van der Waals surface area contributed by atoms with Gasteiger partial charge < -0.3 is 15.8 Å². The highest BCUT2D eigenvalue weighted by Gasteiger charge is 2.00. The van der Waals surface area contributed by atoms with Crippen LogP contribution in [0.1, 0.15) is 19.8 Å². The van der Waals surface area contributed by atoms with Crippen molar-refractivity contribution >= 4 is 12.0 Å². The largest absolute Gasteiger partial charge is 0.466 e. The van der Waals surface area contributed by atoms with Gasteiger partial charge in [-0.1, -0.05) is 0 Å². The van der Waals surface area contributed by atoms with Gasteiger partial charge in [-0.05, 0) is 13.3 Å². The molecule has 0 atom stereocenters. The zero-order valence-electron chi connectivity index (χ0n) is 7.00. The summed E-state index contributed by atoms with van der Waals surface area (Å²) in [7, 11) is 0. The van der Waals surface area contributed by atoms with E-state index in [4.69, 9.17) is 5.73 Å². The van der Waals surface area contributed by atoms with Gasteiger partial charge in [0.05, 0.1) is 13.2 Å². The molecule has 1 radical (unpaired) electrons. The first-order valence-corrected chi connectivity index (χ1v) is 3.70. The van der Waals surface area contributed by atoms with Gasteiger partial charge >= 0.3 is 12.0 Å². The molecule has 0 aliphatic carbocycles. The van der Waals surface area contributed by atoms with Crippen LogP contribution in [-0.4, -0.2) is 18.6 Å². The summed E-state index contributed by atoms with van der Waals surface area (Å²) < 4.78 is 4.65. The molecule has 5 nitrogen and oxygen atoms in total. The minimum Gasteiger partial charge on any atom is -0.466 e. The summed E-state index contributed by atoms with van der Waals surface area (Å²) in [4.78, 5) is 20.8. The number of nitrogens with one attached hydrogen (secondary N) is 1. The molecular formula is C7H13N2O3. The number of hydrogen-bond donors (Lipinski definition) is 2. The van der Waals surface area contributed by atoms with Crippen molar-refractivity contribution in [1.82, 2.24) is 5.32 Å². The smallest absolute Gasteiger partial charge is 0.312 e. The predicted octanol–water partition coefficient (Wildman–Crippen LogP) is 0.160. The summed E-state index contributed by atoms with van der Waals surface area (Å²) in [5, 5.41) is 2.25. The molecule has 5 heteroatoms. The molecule has 3 N–H and O–H groups in total. The van der Waals surface area contributed by atoms with Crippen LogP contribution in [0.15, 0.2) is 0 Å². The second-order valence-corrected chi connectivity index (χ2v) is 2.06. The van der Waals surface area contributed by atoms with Gasteiger partial charge in [-0.3, -0.25) is 4.79 Å². The van der Waals surface area contributed by atoms with Gasteiger partial charge in [-0.15, -0.1) is 0 Å². The van der Waals surface area contributed by atoms with E-state index in [1.165, 1.54) is 6.54 Å². The number of hydrogen-bond acceptors (Lipinski definition) is 3. The molecule has 0 aromatic heterocycles. The van der Waals surface area contributed by atoms with Gasteiger partial charge in [0.15, 0.2) is 0 Å². The highest BCUT2D eigenvalue weighted by molar-refractivity contribution is 5.72. The number of rotatable bonds is 5. The third-order valence-corrected chi connectivity index (χ3v) is 1.04. The van der Waals surface area contributed by atoms with Crippen LogP contribution >= 0.6 is 0 Å². The second kappa shape index (κ2) is 6.45. The lowest BCUT2D eigenvalue weighted by molar-refractivity contribution is -0.143. The van der Waals surface area contributed by atoms with Crippen molar-refractivity contribution in [1.29, 1.82) is 0 Å². The van der Waals surface area contributed by atoms with E-state index in [9.17, 15) is 9.59 Å². The molecule has 0 fully saturated rings. The van der Waals surface area contributed by atoms with E-state index in [0.29, 0.717) is 13.0 Å². The molecule has 0 aliphatic rings. The predicted molar refractivity (Wildman–Crippen MR) is 42.9 cm³/mol. The number of urea groups is 1. The van der Waals surface area contributed by atoms with Crippen LogP contribution in [-0.2, 0) is 9.53 Å². The van der Waals surface area contributed by atoms with Crippen molar-refractivity contribution in [3.05, 3.63) is 6.54 Å². The topological polar surface area (TPSA) is 81.4 Å². The van der Waals surface area contributed by atoms with E-state index >= 15 is 0 Å². The molecule has 0 rings (SSSR count). The van der Waals surface area contributed by atoms with Crippen molar-refractivity contribution in [2.45, 2.75) is 19.8 Å². The van der Waals surface area contributed by atoms with Gasteiger partial charge in [0, 0.05) is 6.42 Å². The lowest BCUT2D eigenvalue weighted by Gasteiger charge is -2.01. The summed E-state index contributed by atoms with van der Waals surface area (Å²) in [5.41, 5.74) is 4.77. The van der Waals surface area contributed by atoms with Crippen molar-refractivity contribution in [3.8, 4) is 0 Å². The van der Waals surface area contributed by atoms with Gasteiger partial charge in [-0.2, -0.15) is 0 Å². The Bertz CT molecular complexity index is 159. The van der Waals surface area contributed by atoms with Gasteiger partial charge in [0.1, 0.15) is 0 Å². The Hall–Kier alpha value is -1.26. The molecule has 0 aliphatic heterocycles. The third kappa shape index (κ3) is 6.85. The highest BCUT2D eigenvalue weighted by atomic mass is 16.5. The van der Waals surface area contributed by atoms with E-state index in [0.717, 1.165) is 0 Å². The maximum atomic E-state index is 10.7. The van der Waals surface area contributed by atoms with Gasteiger partial charge in [-0.25, -0.2) is 4.79 Å². The number of primary amides is 1. The minimum atomic E-state index is -0.626. The normalized spacial score (nSPS) is 9.08. The Morgan fingerprint density at radius 1 is 1.58 bits per heavy atom. The number of carbonyl (C=O) groups is 2. The van der Waals surface area contributed by atoms with Crippen molar-refractivity contribution in [3.63, 3.8) is 0 Å². The van der Waals surface area contributed by atoms with Crippen LogP contribution in [0.5, 0.6) is 0 Å². The van der Waals surface area contributed by atoms with Crippen LogP contribution in [0.3, 0.4) is 0 Å². The molecule has 0 aromatic rings. The molecule has 0 saturated carbocycles. The van der Waals surface area contributed by atoms with E-state index < -0.39 is 6.03 Å². The lowest BCUT2D eigenvalue weighted by atomic mass is 10.3. The van der Waals surface area contributed by atoms with Crippen LogP contribution in [0.2, 0.25) is 0 Å². The standard InChI is InChI=1S/C7H13N2O3/c1-2-12-6(10)4-3-5-9-7(8)11/h5H,2-4H2,1H3,(H3,8,9,11). The number of amides is 2. The van der Waals surface area contributed by atoms with Crippen LogP contribution in [0.4, 0.5) is 4.79 Å². The fraction of sp³-hybridized carbons (Fsp3) is 0.571. The molecule has 2 amide bonds.